The highest BCUT2D eigenvalue weighted by molar-refractivity contribution is 6.37. The molecule has 0 saturated heterocycles. The SMILES string of the molecule is CN(C)c1nn(-c2c(Cl)cccc2Cl)c2nc(Cc3ccc4c(c3)OCO4)[nH]c(=O)c12. The van der Waals surface area contributed by atoms with Crippen LogP contribution in [0.1, 0.15) is 11.4 Å². The van der Waals surface area contributed by atoms with Gasteiger partial charge in [0.1, 0.15) is 16.9 Å². The highest BCUT2D eigenvalue weighted by Crippen LogP contribution is 2.34. The second kappa shape index (κ2) is 7.47. The molecule has 158 valence electrons. The number of benzene rings is 2. The van der Waals surface area contributed by atoms with Crippen LogP contribution in [-0.2, 0) is 6.42 Å². The summed E-state index contributed by atoms with van der Waals surface area (Å²) in [6, 6.07) is 10.8. The van der Waals surface area contributed by atoms with E-state index in [1.54, 1.807) is 37.2 Å². The molecule has 1 N–H and O–H groups in total. The molecule has 0 atom stereocenters. The highest BCUT2D eigenvalue weighted by atomic mass is 35.5. The van der Waals surface area contributed by atoms with E-state index in [1.807, 2.05) is 18.2 Å². The topological polar surface area (TPSA) is 85.3 Å². The zero-order chi connectivity index (χ0) is 21.7. The lowest BCUT2D eigenvalue weighted by atomic mass is 10.1. The number of nitrogens with one attached hydrogen (secondary N) is 1. The van der Waals surface area contributed by atoms with Crippen LogP contribution in [-0.4, -0.2) is 40.6 Å². The van der Waals surface area contributed by atoms with Crippen molar-refractivity contribution in [1.29, 1.82) is 0 Å². The number of hydrogen-bond acceptors (Lipinski definition) is 6. The van der Waals surface area contributed by atoms with Gasteiger partial charge < -0.3 is 19.4 Å². The third kappa shape index (κ3) is 3.37. The van der Waals surface area contributed by atoms with Gasteiger partial charge in [0, 0.05) is 20.5 Å². The van der Waals surface area contributed by atoms with E-state index < -0.39 is 0 Å². The predicted octanol–water partition coefficient (Wildman–Crippen LogP) is 3.80. The van der Waals surface area contributed by atoms with E-state index in [0.29, 0.717) is 56.3 Å². The Balaban J connectivity index is 1.68. The third-order valence-corrected chi connectivity index (χ3v) is 5.56. The molecule has 1 aliphatic rings. The van der Waals surface area contributed by atoms with E-state index in [-0.39, 0.29) is 12.4 Å². The summed E-state index contributed by atoms with van der Waals surface area (Å²) >= 11 is 12.8. The quantitative estimate of drug-likeness (QED) is 0.501. The van der Waals surface area contributed by atoms with Gasteiger partial charge in [-0.25, -0.2) is 9.67 Å². The zero-order valence-corrected chi connectivity index (χ0v) is 18.2. The number of anilines is 1. The standard InChI is InChI=1S/C21H17Cl2N5O3/c1-27(2)20-17-19(28(26-20)18-12(22)4-3-5-13(18)23)24-16(25-21(17)29)9-11-6-7-14-15(8-11)31-10-30-14/h3-8H,9-10H2,1-2H3,(H,24,25,29). The monoisotopic (exact) mass is 457 g/mol. The molecular formula is C21H17Cl2N5O3. The van der Waals surface area contributed by atoms with Crippen LogP contribution in [0.15, 0.2) is 41.2 Å². The summed E-state index contributed by atoms with van der Waals surface area (Å²) in [5, 5.41) is 5.76. The highest BCUT2D eigenvalue weighted by Gasteiger charge is 2.22. The van der Waals surface area contributed by atoms with Crippen molar-refractivity contribution in [2.75, 3.05) is 25.8 Å². The van der Waals surface area contributed by atoms with Gasteiger partial charge in [-0.05, 0) is 29.8 Å². The number of halogens is 2. The lowest BCUT2D eigenvalue weighted by Gasteiger charge is -2.09. The molecule has 0 radical (unpaired) electrons. The summed E-state index contributed by atoms with van der Waals surface area (Å²) in [5.41, 5.74) is 1.47. The van der Waals surface area contributed by atoms with Gasteiger partial charge in [0.15, 0.2) is 23.0 Å². The number of fused-ring (bicyclic) bond motifs is 2. The first-order valence-corrected chi connectivity index (χ1v) is 10.2. The molecule has 0 bridgehead atoms. The van der Waals surface area contributed by atoms with Crippen LogP contribution in [0.25, 0.3) is 16.7 Å². The lowest BCUT2D eigenvalue weighted by molar-refractivity contribution is 0.174. The molecule has 0 fully saturated rings. The van der Waals surface area contributed by atoms with E-state index in [4.69, 9.17) is 37.7 Å². The number of hydrogen-bond donors (Lipinski definition) is 1. The summed E-state index contributed by atoms with van der Waals surface area (Å²) in [6.45, 7) is 0.199. The maximum atomic E-state index is 13.0. The van der Waals surface area contributed by atoms with E-state index in [1.165, 1.54) is 4.68 Å². The largest absolute Gasteiger partial charge is 0.454 e. The molecule has 5 rings (SSSR count). The number of aromatic nitrogens is 4. The van der Waals surface area contributed by atoms with Crippen molar-refractivity contribution < 1.29 is 9.47 Å². The van der Waals surface area contributed by atoms with E-state index >= 15 is 0 Å². The summed E-state index contributed by atoms with van der Waals surface area (Å²) in [6.07, 6.45) is 0.389. The molecule has 0 spiro atoms. The number of rotatable bonds is 4. The Morgan fingerprint density at radius 1 is 1.13 bits per heavy atom. The molecular weight excluding hydrogens is 441 g/mol. The fourth-order valence-electron chi connectivity index (χ4n) is 3.54. The molecule has 2 aromatic heterocycles. The summed E-state index contributed by atoms with van der Waals surface area (Å²) in [5.74, 6) is 2.31. The van der Waals surface area contributed by atoms with Crippen molar-refractivity contribution in [1.82, 2.24) is 19.7 Å². The van der Waals surface area contributed by atoms with Crippen LogP contribution >= 0.6 is 23.2 Å². The second-order valence-corrected chi connectivity index (χ2v) is 8.09. The van der Waals surface area contributed by atoms with Gasteiger partial charge in [-0.3, -0.25) is 4.79 Å². The van der Waals surface area contributed by atoms with Crippen molar-refractivity contribution in [2.24, 2.45) is 0 Å². The van der Waals surface area contributed by atoms with E-state index in [9.17, 15) is 4.79 Å². The molecule has 8 nitrogen and oxygen atoms in total. The fraction of sp³-hybridized carbons (Fsp3) is 0.190. The minimum absolute atomic E-state index is 0.199. The molecule has 31 heavy (non-hydrogen) atoms. The van der Waals surface area contributed by atoms with Gasteiger partial charge >= 0.3 is 0 Å². The average molecular weight is 458 g/mol. The molecule has 0 aliphatic carbocycles. The van der Waals surface area contributed by atoms with Gasteiger partial charge in [-0.1, -0.05) is 35.3 Å². The molecule has 10 heteroatoms. The minimum Gasteiger partial charge on any atom is -0.454 e. The Labute approximate surface area is 186 Å². The molecule has 0 amide bonds. The maximum absolute atomic E-state index is 13.0. The van der Waals surface area contributed by atoms with Crippen LogP contribution < -0.4 is 19.9 Å². The predicted molar refractivity (Wildman–Crippen MR) is 119 cm³/mol. The average Bonchev–Trinajstić information content (AvgIpc) is 3.33. The summed E-state index contributed by atoms with van der Waals surface area (Å²) in [7, 11) is 3.61. The Hall–Kier alpha value is -3.23. The fourth-order valence-corrected chi connectivity index (χ4v) is 4.10. The summed E-state index contributed by atoms with van der Waals surface area (Å²) < 4.78 is 12.3. The Kier molecular flexibility index (Phi) is 4.75. The molecule has 0 unspecified atom stereocenters. The number of aromatic amines is 1. The van der Waals surface area contributed by atoms with Crippen LogP contribution in [0.5, 0.6) is 11.5 Å². The smallest absolute Gasteiger partial charge is 0.264 e. The Morgan fingerprint density at radius 3 is 2.61 bits per heavy atom. The maximum Gasteiger partial charge on any atom is 0.264 e. The van der Waals surface area contributed by atoms with Crippen molar-refractivity contribution in [3.05, 3.63) is 68.2 Å². The first-order chi connectivity index (χ1) is 14.9. The number of nitrogens with zero attached hydrogens (tertiary/aromatic N) is 4. The normalized spacial score (nSPS) is 12.5. The Morgan fingerprint density at radius 2 is 1.87 bits per heavy atom. The molecule has 3 heterocycles. The minimum atomic E-state index is -0.293. The molecule has 1 aliphatic heterocycles. The van der Waals surface area contributed by atoms with Gasteiger partial charge in [0.25, 0.3) is 5.56 Å². The van der Waals surface area contributed by atoms with Crippen LogP contribution in [0.3, 0.4) is 0 Å². The molecule has 0 saturated carbocycles. The van der Waals surface area contributed by atoms with E-state index in [0.717, 1.165) is 5.56 Å². The lowest BCUT2D eigenvalue weighted by Crippen LogP contribution is -2.16. The van der Waals surface area contributed by atoms with Crippen LogP contribution in [0, 0.1) is 0 Å². The van der Waals surface area contributed by atoms with Gasteiger partial charge in [0.05, 0.1) is 10.0 Å². The summed E-state index contributed by atoms with van der Waals surface area (Å²) in [4.78, 5) is 22.4. The van der Waals surface area contributed by atoms with Gasteiger partial charge in [0.2, 0.25) is 6.79 Å². The molecule has 2 aromatic carbocycles. The van der Waals surface area contributed by atoms with Crippen molar-refractivity contribution >= 4 is 40.1 Å². The van der Waals surface area contributed by atoms with Crippen molar-refractivity contribution in [2.45, 2.75) is 6.42 Å². The number of para-hydroxylation sites is 1. The molecule has 4 aromatic rings. The number of H-pyrrole nitrogens is 1. The Bertz CT molecular complexity index is 1360. The third-order valence-electron chi connectivity index (χ3n) is 4.95. The van der Waals surface area contributed by atoms with Gasteiger partial charge in [-0.2, -0.15) is 0 Å². The zero-order valence-electron chi connectivity index (χ0n) is 16.6. The van der Waals surface area contributed by atoms with Crippen molar-refractivity contribution in [3.63, 3.8) is 0 Å². The first-order valence-electron chi connectivity index (χ1n) is 9.44. The first kappa shape index (κ1) is 19.7. The van der Waals surface area contributed by atoms with E-state index in [2.05, 4.69) is 10.1 Å². The second-order valence-electron chi connectivity index (χ2n) is 7.28. The van der Waals surface area contributed by atoms with Crippen LogP contribution in [0.2, 0.25) is 10.0 Å². The van der Waals surface area contributed by atoms with Gasteiger partial charge in [-0.15, -0.1) is 5.10 Å². The van der Waals surface area contributed by atoms with Crippen molar-refractivity contribution in [3.8, 4) is 17.2 Å². The number of ether oxygens (including phenoxy) is 2. The van der Waals surface area contributed by atoms with Crippen LogP contribution in [0.4, 0.5) is 5.82 Å².